The number of nitrogens with one attached hydrogen (secondary N) is 1. The average Bonchev–Trinajstić information content (AvgIpc) is 2.82. The number of anilines is 1. The Morgan fingerprint density at radius 2 is 2.20 bits per heavy atom. The summed E-state index contributed by atoms with van der Waals surface area (Å²) in [5.41, 5.74) is 1.12. The van der Waals surface area contributed by atoms with Crippen LogP contribution >= 0.6 is 0 Å². The third-order valence-corrected chi connectivity index (χ3v) is 3.87. The van der Waals surface area contributed by atoms with E-state index in [1.165, 1.54) is 25.9 Å². The van der Waals surface area contributed by atoms with Crippen LogP contribution in [-0.2, 0) is 6.42 Å². The van der Waals surface area contributed by atoms with Crippen molar-refractivity contribution in [3.63, 3.8) is 0 Å². The third-order valence-electron chi connectivity index (χ3n) is 3.87. The SMILES string of the molecule is CCc1cc(NC[C@H]2CCCN2CC(C)C)nc(C)n1. The molecule has 4 heteroatoms. The van der Waals surface area contributed by atoms with Crippen LogP contribution in [0.25, 0.3) is 0 Å². The molecule has 0 radical (unpaired) electrons. The quantitative estimate of drug-likeness (QED) is 0.867. The highest BCUT2D eigenvalue weighted by Gasteiger charge is 2.24. The molecular formula is C16H28N4. The van der Waals surface area contributed by atoms with E-state index in [0.717, 1.165) is 36.2 Å². The van der Waals surface area contributed by atoms with Crippen LogP contribution in [0.15, 0.2) is 6.07 Å². The number of hydrogen-bond donors (Lipinski definition) is 1. The second-order valence-corrected chi connectivity index (χ2v) is 6.21. The molecule has 1 aromatic rings. The highest BCUT2D eigenvalue weighted by molar-refractivity contribution is 5.36. The van der Waals surface area contributed by atoms with E-state index in [-0.39, 0.29) is 0 Å². The Bertz CT molecular complexity index is 430. The van der Waals surface area contributed by atoms with Gasteiger partial charge in [0, 0.05) is 30.9 Å². The minimum atomic E-state index is 0.651. The first-order valence-electron chi connectivity index (χ1n) is 7.91. The third kappa shape index (κ3) is 4.17. The van der Waals surface area contributed by atoms with E-state index in [2.05, 4.69) is 47.0 Å². The van der Waals surface area contributed by atoms with Gasteiger partial charge in [-0.05, 0) is 38.6 Å². The molecule has 2 heterocycles. The Balaban J connectivity index is 1.92. The Labute approximate surface area is 123 Å². The minimum absolute atomic E-state index is 0.651. The largest absolute Gasteiger partial charge is 0.368 e. The number of hydrogen-bond acceptors (Lipinski definition) is 4. The molecule has 2 rings (SSSR count). The van der Waals surface area contributed by atoms with E-state index in [1.807, 2.05) is 6.92 Å². The number of likely N-dealkylation sites (tertiary alicyclic amines) is 1. The molecule has 0 spiro atoms. The number of aryl methyl sites for hydroxylation is 2. The second kappa shape index (κ2) is 7.02. The van der Waals surface area contributed by atoms with Crippen molar-refractivity contribution in [2.45, 2.75) is 53.0 Å². The summed E-state index contributed by atoms with van der Waals surface area (Å²) in [7, 11) is 0. The van der Waals surface area contributed by atoms with Gasteiger partial charge in [0.1, 0.15) is 11.6 Å². The molecular weight excluding hydrogens is 248 g/mol. The maximum Gasteiger partial charge on any atom is 0.129 e. The van der Waals surface area contributed by atoms with Crippen LogP contribution in [0.2, 0.25) is 0 Å². The standard InChI is InChI=1S/C16H28N4/c1-5-14-9-16(19-13(4)18-14)17-10-15-7-6-8-20(15)11-12(2)3/h9,12,15H,5-8,10-11H2,1-4H3,(H,17,18,19)/t15-/m1/s1. The fourth-order valence-corrected chi connectivity index (χ4v) is 2.96. The zero-order valence-electron chi connectivity index (χ0n) is 13.3. The van der Waals surface area contributed by atoms with Crippen LogP contribution < -0.4 is 5.32 Å². The number of rotatable bonds is 6. The number of nitrogens with zero attached hydrogens (tertiary/aromatic N) is 3. The van der Waals surface area contributed by atoms with Gasteiger partial charge in [-0.15, -0.1) is 0 Å². The van der Waals surface area contributed by atoms with E-state index in [1.54, 1.807) is 0 Å². The molecule has 0 aliphatic carbocycles. The Morgan fingerprint density at radius 3 is 2.90 bits per heavy atom. The van der Waals surface area contributed by atoms with Crippen LogP contribution in [-0.4, -0.2) is 40.5 Å². The van der Waals surface area contributed by atoms with Crippen molar-refractivity contribution < 1.29 is 0 Å². The Hall–Kier alpha value is -1.16. The lowest BCUT2D eigenvalue weighted by Crippen LogP contribution is -2.37. The average molecular weight is 276 g/mol. The normalized spacial score (nSPS) is 19.8. The monoisotopic (exact) mass is 276 g/mol. The van der Waals surface area contributed by atoms with Crippen molar-refractivity contribution in [2.24, 2.45) is 5.92 Å². The molecule has 1 atom stereocenters. The summed E-state index contributed by atoms with van der Waals surface area (Å²) in [5, 5.41) is 3.51. The lowest BCUT2D eigenvalue weighted by Gasteiger charge is -2.26. The van der Waals surface area contributed by atoms with Gasteiger partial charge in [0.2, 0.25) is 0 Å². The van der Waals surface area contributed by atoms with E-state index in [9.17, 15) is 0 Å². The molecule has 1 aliphatic heterocycles. The highest BCUT2D eigenvalue weighted by Crippen LogP contribution is 2.19. The van der Waals surface area contributed by atoms with E-state index in [0.29, 0.717) is 6.04 Å². The van der Waals surface area contributed by atoms with Gasteiger partial charge < -0.3 is 5.32 Å². The minimum Gasteiger partial charge on any atom is -0.368 e. The van der Waals surface area contributed by atoms with E-state index < -0.39 is 0 Å². The molecule has 1 aromatic heterocycles. The predicted octanol–water partition coefficient (Wildman–Crippen LogP) is 2.88. The zero-order valence-corrected chi connectivity index (χ0v) is 13.3. The topological polar surface area (TPSA) is 41.0 Å². The van der Waals surface area contributed by atoms with Gasteiger partial charge in [-0.25, -0.2) is 9.97 Å². The Morgan fingerprint density at radius 1 is 1.40 bits per heavy atom. The van der Waals surface area contributed by atoms with Crippen molar-refractivity contribution in [1.29, 1.82) is 0 Å². The van der Waals surface area contributed by atoms with Gasteiger partial charge >= 0.3 is 0 Å². The van der Waals surface area contributed by atoms with Gasteiger partial charge in [0.05, 0.1) is 0 Å². The van der Waals surface area contributed by atoms with Gasteiger partial charge in [0.15, 0.2) is 0 Å². The first kappa shape index (κ1) is 15.2. The summed E-state index contributed by atoms with van der Waals surface area (Å²) in [4.78, 5) is 11.5. The molecule has 1 saturated heterocycles. The van der Waals surface area contributed by atoms with Crippen LogP contribution in [0.5, 0.6) is 0 Å². The first-order chi connectivity index (χ1) is 9.58. The predicted molar refractivity (Wildman–Crippen MR) is 84.1 cm³/mol. The Kier molecular flexibility index (Phi) is 5.35. The van der Waals surface area contributed by atoms with Crippen molar-refractivity contribution in [2.75, 3.05) is 25.0 Å². The van der Waals surface area contributed by atoms with Crippen LogP contribution in [0.3, 0.4) is 0 Å². The van der Waals surface area contributed by atoms with Gasteiger partial charge in [-0.2, -0.15) is 0 Å². The molecule has 20 heavy (non-hydrogen) atoms. The zero-order chi connectivity index (χ0) is 14.5. The molecule has 0 bridgehead atoms. The lowest BCUT2D eigenvalue weighted by molar-refractivity contribution is 0.234. The molecule has 0 aromatic carbocycles. The molecule has 1 aliphatic rings. The molecule has 0 unspecified atom stereocenters. The van der Waals surface area contributed by atoms with Gasteiger partial charge in [-0.3, -0.25) is 4.90 Å². The van der Waals surface area contributed by atoms with Crippen molar-refractivity contribution in [3.05, 3.63) is 17.6 Å². The summed E-state index contributed by atoms with van der Waals surface area (Å²) >= 11 is 0. The van der Waals surface area contributed by atoms with Gasteiger partial charge in [-0.1, -0.05) is 20.8 Å². The molecule has 1 fully saturated rings. The summed E-state index contributed by atoms with van der Waals surface area (Å²) in [6, 6.07) is 2.73. The van der Waals surface area contributed by atoms with Crippen LogP contribution in [0, 0.1) is 12.8 Å². The molecule has 0 amide bonds. The van der Waals surface area contributed by atoms with Crippen molar-refractivity contribution in [3.8, 4) is 0 Å². The molecule has 1 N–H and O–H groups in total. The maximum absolute atomic E-state index is 4.49. The fourth-order valence-electron chi connectivity index (χ4n) is 2.96. The number of aromatic nitrogens is 2. The molecule has 0 saturated carbocycles. The van der Waals surface area contributed by atoms with Crippen LogP contribution in [0.1, 0.15) is 45.1 Å². The van der Waals surface area contributed by atoms with Crippen molar-refractivity contribution >= 4 is 5.82 Å². The summed E-state index contributed by atoms with van der Waals surface area (Å²) < 4.78 is 0. The van der Waals surface area contributed by atoms with E-state index in [4.69, 9.17) is 0 Å². The summed E-state index contributed by atoms with van der Waals surface area (Å²) in [6.07, 6.45) is 3.58. The first-order valence-corrected chi connectivity index (χ1v) is 7.91. The van der Waals surface area contributed by atoms with E-state index >= 15 is 0 Å². The summed E-state index contributed by atoms with van der Waals surface area (Å²) in [6.45, 7) is 12.1. The lowest BCUT2D eigenvalue weighted by atomic mass is 10.1. The van der Waals surface area contributed by atoms with Gasteiger partial charge in [0.25, 0.3) is 0 Å². The van der Waals surface area contributed by atoms with Crippen LogP contribution in [0.4, 0.5) is 5.82 Å². The fraction of sp³-hybridized carbons (Fsp3) is 0.750. The van der Waals surface area contributed by atoms with Crippen molar-refractivity contribution in [1.82, 2.24) is 14.9 Å². The molecule has 4 nitrogen and oxygen atoms in total. The summed E-state index contributed by atoms with van der Waals surface area (Å²) in [5.74, 6) is 2.58. The smallest absolute Gasteiger partial charge is 0.129 e. The second-order valence-electron chi connectivity index (χ2n) is 6.21. The molecule has 112 valence electrons. The highest BCUT2D eigenvalue weighted by atomic mass is 15.2. The maximum atomic E-state index is 4.49.